The van der Waals surface area contributed by atoms with Gasteiger partial charge >= 0.3 is 0 Å². The van der Waals surface area contributed by atoms with E-state index in [0.29, 0.717) is 11.8 Å². The molecule has 0 spiro atoms. The van der Waals surface area contributed by atoms with Crippen LogP contribution < -0.4 is 0 Å². The molecule has 2 aliphatic rings. The standard InChI is InChI=1S/C10H16N2/c1-7-4-9-6-11-12-10(9,3)5-8(7)2/h8-9H,1,4-6H2,2-3H3/t8-,9-,10-/m1/s1. The first-order valence-corrected chi connectivity index (χ1v) is 4.68. The summed E-state index contributed by atoms with van der Waals surface area (Å²) in [6, 6.07) is 0. The van der Waals surface area contributed by atoms with Crippen molar-refractivity contribution in [1.82, 2.24) is 0 Å². The lowest BCUT2D eigenvalue weighted by molar-refractivity contribution is 0.245. The van der Waals surface area contributed by atoms with Gasteiger partial charge in [-0.2, -0.15) is 10.2 Å². The van der Waals surface area contributed by atoms with Crippen molar-refractivity contribution in [1.29, 1.82) is 0 Å². The Morgan fingerprint density at radius 2 is 2.33 bits per heavy atom. The fourth-order valence-corrected chi connectivity index (χ4v) is 2.35. The van der Waals surface area contributed by atoms with Crippen molar-refractivity contribution in [3.63, 3.8) is 0 Å². The van der Waals surface area contributed by atoms with Crippen molar-refractivity contribution in [2.45, 2.75) is 32.2 Å². The van der Waals surface area contributed by atoms with Crippen LogP contribution in [-0.2, 0) is 0 Å². The Morgan fingerprint density at radius 3 is 3.08 bits per heavy atom. The van der Waals surface area contributed by atoms with Crippen LogP contribution in [0.2, 0.25) is 0 Å². The summed E-state index contributed by atoms with van der Waals surface area (Å²) in [7, 11) is 0. The molecule has 0 aromatic rings. The lowest BCUT2D eigenvalue weighted by Crippen LogP contribution is -2.37. The Balaban J connectivity index is 2.22. The van der Waals surface area contributed by atoms with Gasteiger partial charge in [0.15, 0.2) is 0 Å². The highest BCUT2D eigenvalue weighted by molar-refractivity contribution is 5.13. The second-order valence-corrected chi connectivity index (χ2v) is 4.45. The van der Waals surface area contributed by atoms with E-state index in [1.165, 1.54) is 5.57 Å². The molecule has 1 aliphatic carbocycles. The molecule has 0 unspecified atom stereocenters. The molecule has 3 atom stereocenters. The fourth-order valence-electron chi connectivity index (χ4n) is 2.35. The summed E-state index contributed by atoms with van der Waals surface area (Å²) < 4.78 is 0. The Hall–Kier alpha value is -0.660. The van der Waals surface area contributed by atoms with Crippen LogP contribution in [-0.4, -0.2) is 12.1 Å². The molecule has 1 aliphatic heterocycles. The van der Waals surface area contributed by atoms with Crippen molar-refractivity contribution < 1.29 is 0 Å². The zero-order chi connectivity index (χ0) is 8.77. The number of rotatable bonds is 0. The first-order valence-electron chi connectivity index (χ1n) is 4.68. The Morgan fingerprint density at radius 1 is 1.58 bits per heavy atom. The third kappa shape index (κ3) is 1.01. The van der Waals surface area contributed by atoms with Crippen LogP contribution in [0, 0.1) is 11.8 Å². The maximum atomic E-state index is 4.36. The smallest absolute Gasteiger partial charge is 0.0842 e. The SMILES string of the molecule is C=C1C[C@@H]2CN=N[C@]2(C)C[C@H]1C. The minimum absolute atomic E-state index is 0.139. The second-order valence-electron chi connectivity index (χ2n) is 4.45. The monoisotopic (exact) mass is 164 g/mol. The molecule has 0 amide bonds. The molecule has 0 aromatic carbocycles. The zero-order valence-corrected chi connectivity index (χ0v) is 7.88. The van der Waals surface area contributed by atoms with Crippen LogP contribution in [0.4, 0.5) is 0 Å². The molecule has 0 bridgehead atoms. The topological polar surface area (TPSA) is 24.7 Å². The summed E-state index contributed by atoms with van der Waals surface area (Å²) in [4.78, 5) is 0. The highest BCUT2D eigenvalue weighted by Gasteiger charge is 2.43. The van der Waals surface area contributed by atoms with E-state index in [4.69, 9.17) is 0 Å². The first kappa shape index (κ1) is 7.96. The Bertz CT molecular complexity index is 244. The van der Waals surface area contributed by atoms with E-state index in [9.17, 15) is 0 Å². The van der Waals surface area contributed by atoms with Crippen LogP contribution in [0.25, 0.3) is 0 Å². The maximum Gasteiger partial charge on any atom is 0.0842 e. The summed E-state index contributed by atoms with van der Waals surface area (Å²) >= 11 is 0. The fraction of sp³-hybridized carbons (Fsp3) is 0.800. The second kappa shape index (κ2) is 2.41. The van der Waals surface area contributed by atoms with Gasteiger partial charge in [0, 0.05) is 5.92 Å². The predicted octanol–water partition coefficient (Wildman–Crippen LogP) is 2.81. The normalized spacial score (nSPS) is 46.3. The minimum Gasteiger partial charge on any atom is -0.193 e. The van der Waals surface area contributed by atoms with Gasteiger partial charge in [-0.05, 0) is 25.7 Å². The van der Waals surface area contributed by atoms with Gasteiger partial charge in [-0.15, -0.1) is 0 Å². The largest absolute Gasteiger partial charge is 0.193 e. The van der Waals surface area contributed by atoms with E-state index in [-0.39, 0.29) is 5.54 Å². The Labute approximate surface area is 73.8 Å². The van der Waals surface area contributed by atoms with E-state index in [2.05, 4.69) is 30.7 Å². The van der Waals surface area contributed by atoms with Crippen molar-refractivity contribution in [2.24, 2.45) is 22.1 Å². The summed E-state index contributed by atoms with van der Waals surface area (Å²) in [5, 5.41) is 8.51. The van der Waals surface area contributed by atoms with E-state index in [0.717, 1.165) is 19.4 Å². The first-order chi connectivity index (χ1) is 5.62. The molecular weight excluding hydrogens is 148 g/mol. The maximum absolute atomic E-state index is 4.36. The Kier molecular flexibility index (Phi) is 1.60. The van der Waals surface area contributed by atoms with Gasteiger partial charge in [-0.25, -0.2) is 0 Å². The molecule has 1 fully saturated rings. The van der Waals surface area contributed by atoms with Crippen LogP contribution in [0.3, 0.4) is 0 Å². The summed E-state index contributed by atoms with van der Waals surface area (Å²) in [5.74, 6) is 1.27. The molecule has 12 heavy (non-hydrogen) atoms. The average Bonchev–Trinajstić information content (AvgIpc) is 2.32. The summed E-state index contributed by atoms with van der Waals surface area (Å²) in [6.45, 7) is 9.50. The minimum atomic E-state index is 0.139. The lowest BCUT2D eigenvalue weighted by Gasteiger charge is -2.37. The molecule has 1 heterocycles. The zero-order valence-electron chi connectivity index (χ0n) is 7.88. The molecule has 2 heteroatoms. The predicted molar refractivity (Wildman–Crippen MR) is 49.2 cm³/mol. The molecule has 66 valence electrons. The van der Waals surface area contributed by atoms with Gasteiger partial charge in [-0.3, -0.25) is 0 Å². The van der Waals surface area contributed by atoms with Gasteiger partial charge in [-0.1, -0.05) is 19.1 Å². The third-order valence-corrected chi connectivity index (χ3v) is 3.41. The van der Waals surface area contributed by atoms with Gasteiger partial charge in [0.25, 0.3) is 0 Å². The number of allylic oxidation sites excluding steroid dienone is 1. The molecule has 2 nitrogen and oxygen atoms in total. The molecule has 0 aromatic heterocycles. The number of hydrogen-bond donors (Lipinski definition) is 0. The molecule has 0 radical (unpaired) electrons. The summed E-state index contributed by atoms with van der Waals surface area (Å²) in [6.07, 6.45) is 2.27. The average molecular weight is 164 g/mol. The number of nitrogens with zero attached hydrogens (tertiary/aromatic N) is 2. The molecule has 0 N–H and O–H groups in total. The van der Waals surface area contributed by atoms with Crippen molar-refractivity contribution in [3.05, 3.63) is 12.2 Å². The van der Waals surface area contributed by atoms with Gasteiger partial charge in [0.2, 0.25) is 0 Å². The third-order valence-electron chi connectivity index (χ3n) is 3.41. The highest BCUT2D eigenvalue weighted by atomic mass is 15.2. The summed E-state index contributed by atoms with van der Waals surface area (Å²) in [5.41, 5.74) is 1.53. The van der Waals surface area contributed by atoms with Crippen LogP contribution in [0.5, 0.6) is 0 Å². The van der Waals surface area contributed by atoms with Crippen molar-refractivity contribution in [3.8, 4) is 0 Å². The quantitative estimate of drug-likeness (QED) is 0.492. The van der Waals surface area contributed by atoms with Gasteiger partial charge in [0.1, 0.15) is 0 Å². The molecular formula is C10H16N2. The van der Waals surface area contributed by atoms with Gasteiger partial charge in [0.05, 0.1) is 12.1 Å². The molecule has 1 saturated carbocycles. The molecule has 0 saturated heterocycles. The number of azo groups is 1. The van der Waals surface area contributed by atoms with E-state index >= 15 is 0 Å². The van der Waals surface area contributed by atoms with E-state index in [1.807, 2.05) is 0 Å². The van der Waals surface area contributed by atoms with Crippen molar-refractivity contribution in [2.75, 3.05) is 6.54 Å². The molecule has 2 rings (SSSR count). The van der Waals surface area contributed by atoms with Crippen LogP contribution in [0.15, 0.2) is 22.4 Å². The highest BCUT2D eigenvalue weighted by Crippen LogP contribution is 2.44. The lowest BCUT2D eigenvalue weighted by atomic mass is 9.69. The van der Waals surface area contributed by atoms with E-state index < -0.39 is 0 Å². The van der Waals surface area contributed by atoms with Crippen molar-refractivity contribution >= 4 is 0 Å². The number of fused-ring (bicyclic) bond motifs is 1. The van der Waals surface area contributed by atoms with Gasteiger partial charge < -0.3 is 0 Å². The van der Waals surface area contributed by atoms with Crippen LogP contribution >= 0.6 is 0 Å². The van der Waals surface area contributed by atoms with Crippen LogP contribution in [0.1, 0.15) is 26.7 Å². The number of hydrogen-bond acceptors (Lipinski definition) is 2. The van der Waals surface area contributed by atoms with E-state index in [1.54, 1.807) is 0 Å².